The van der Waals surface area contributed by atoms with Crippen LogP contribution in [0.15, 0.2) is 33.9 Å². The molecule has 1 heterocycles. The van der Waals surface area contributed by atoms with Crippen molar-refractivity contribution in [3.05, 3.63) is 45.0 Å². The predicted octanol–water partition coefficient (Wildman–Crippen LogP) is 1.25. The minimum atomic E-state index is -0.238. The van der Waals surface area contributed by atoms with Gasteiger partial charge in [0.25, 0.3) is 11.1 Å². The van der Waals surface area contributed by atoms with Crippen molar-refractivity contribution in [3.8, 4) is 0 Å². The van der Waals surface area contributed by atoms with Gasteiger partial charge in [0.05, 0.1) is 10.8 Å². The fourth-order valence-corrected chi connectivity index (χ4v) is 1.31. The van der Waals surface area contributed by atoms with Crippen LogP contribution in [0, 0.1) is 0 Å². The Labute approximate surface area is 87.2 Å². The van der Waals surface area contributed by atoms with E-state index in [1.807, 2.05) is 13.8 Å². The number of H-pyrrole nitrogens is 1. The fourth-order valence-electron chi connectivity index (χ4n) is 1.31. The number of hydrogen-bond acceptors (Lipinski definition) is 2. The van der Waals surface area contributed by atoms with Gasteiger partial charge < -0.3 is 0 Å². The first-order chi connectivity index (χ1) is 7.20. The third kappa shape index (κ3) is 1.98. The van der Waals surface area contributed by atoms with E-state index in [2.05, 4.69) is 5.10 Å². The molecule has 4 nitrogen and oxygen atoms in total. The minimum Gasteiger partial charge on any atom is -0.267 e. The lowest BCUT2D eigenvalue weighted by atomic mass is 10.2. The van der Waals surface area contributed by atoms with Gasteiger partial charge in [0.2, 0.25) is 0 Å². The van der Waals surface area contributed by atoms with Gasteiger partial charge in [-0.2, -0.15) is 0 Å². The van der Waals surface area contributed by atoms with Crippen molar-refractivity contribution < 1.29 is 0 Å². The predicted molar refractivity (Wildman–Crippen MR) is 61.2 cm³/mol. The Morgan fingerprint density at radius 2 is 1.60 bits per heavy atom. The summed E-state index contributed by atoms with van der Waals surface area (Å²) in [6.45, 7) is 4.00. The topological polar surface area (TPSA) is 54.9 Å². The Kier molecular flexibility index (Phi) is 3.44. The molecule has 0 aliphatic carbocycles. The van der Waals surface area contributed by atoms with E-state index in [4.69, 9.17) is 0 Å². The number of nitrogens with zero attached hydrogens (tertiary/aromatic N) is 1. The van der Waals surface area contributed by atoms with E-state index >= 15 is 0 Å². The van der Waals surface area contributed by atoms with Crippen molar-refractivity contribution >= 4 is 10.8 Å². The van der Waals surface area contributed by atoms with Gasteiger partial charge >= 0.3 is 0 Å². The molecule has 1 aromatic heterocycles. The molecule has 80 valence electrons. The lowest BCUT2D eigenvalue weighted by molar-refractivity contribution is 0.704. The summed E-state index contributed by atoms with van der Waals surface area (Å²) < 4.78 is 1.19. The van der Waals surface area contributed by atoms with Crippen LogP contribution >= 0.6 is 0 Å². The Morgan fingerprint density at radius 3 is 2.20 bits per heavy atom. The van der Waals surface area contributed by atoms with Crippen LogP contribution in [0.3, 0.4) is 0 Å². The van der Waals surface area contributed by atoms with E-state index in [0.717, 1.165) is 0 Å². The highest BCUT2D eigenvalue weighted by Gasteiger charge is 2.02. The van der Waals surface area contributed by atoms with E-state index in [9.17, 15) is 9.59 Å². The second-order valence-corrected chi connectivity index (χ2v) is 2.85. The summed E-state index contributed by atoms with van der Waals surface area (Å²) in [5, 5.41) is 3.32. The number of fused-ring (bicyclic) bond motifs is 1. The molecule has 2 aromatic rings. The SMILES string of the molecule is CC.Cn1[nH]c(=O)c2ccccc2c1=O. The van der Waals surface area contributed by atoms with Crippen LogP contribution in [0.2, 0.25) is 0 Å². The third-order valence-electron chi connectivity index (χ3n) is 1.98. The summed E-state index contributed by atoms with van der Waals surface area (Å²) in [5.74, 6) is 0. The Hall–Kier alpha value is -1.84. The standard InChI is InChI=1S/C9H8N2O2.C2H6/c1-11-9(13)7-5-3-2-4-6(7)8(12)10-11;1-2/h2-5H,1H3,(H,10,12);1-2H3. The first-order valence-corrected chi connectivity index (χ1v) is 4.88. The summed E-state index contributed by atoms with van der Waals surface area (Å²) in [6, 6.07) is 6.75. The van der Waals surface area contributed by atoms with Gasteiger partial charge in [-0.05, 0) is 12.1 Å². The van der Waals surface area contributed by atoms with Crippen molar-refractivity contribution in [1.82, 2.24) is 9.78 Å². The summed E-state index contributed by atoms with van der Waals surface area (Å²) in [6.07, 6.45) is 0. The number of aromatic amines is 1. The van der Waals surface area contributed by atoms with Crippen molar-refractivity contribution in [1.29, 1.82) is 0 Å². The van der Waals surface area contributed by atoms with Crippen molar-refractivity contribution in [2.24, 2.45) is 7.05 Å². The maximum Gasteiger partial charge on any atom is 0.272 e. The van der Waals surface area contributed by atoms with Crippen LogP contribution in [0.5, 0.6) is 0 Å². The van der Waals surface area contributed by atoms with Gasteiger partial charge in [0.15, 0.2) is 0 Å². The number of benzene rings is 1. The van der Waals surface area contributed by atoms with E-state index in [1.165, 1.54) is 11.7 Å². The smallest absolute Gasteiger partial charge is 0.267 e. The van der Waals surface area contributed by atoms with E-state index in [-0.39, 0.29) is 11.1 Å². The molecule has 4 heteroatoms. The zero-order valence-electron chi connectivity index (χ0n) is 9.07. The number of aryl methyl sites for hydroxylation is 1. The zero-order chi connectivity index (χ0) is 11.4. The largest absolute Gasteiger partial charge is 0.272 e. The molecule has 2 rings (SSSR count). The zero-order valence-corrected chi connectivity index (χ0v) is 9.07. The summed E-state index contributed by atoms with van der Waals surface area (Å²) in [7, 11) is 1.52. The van der Waals surface area contributed by atoms with Gasteiger partial charge in [0.1, 0.15) is 0 Å². The van der Waals surface area contributed by atoms with E-state index < -0.39 is 0 Å². The normalized spacial score (nSPS) is 9.53. The molecule has 0 aliphatic rings. The lowest BCUT2D eigenvalue weighted by Crippen LogP contribution is -2.27. The summed E-state index contributed by atoms with van der Waals surface area (Å²) in [4.78, 5) is 22.8. The maximum absolute atomic E-state index is 11.5. The lowest BCUT2D eigenvalue weighted by Gasteiger charge is -1.99. The average molecular weight is 206 g/mol. The summed E-state index contributed by atoms with van der Waals surface area (Å²) >= 11 is 0. The molecule has 0 aliphatic heterocycles. The molecule has 0 radical (unpaired) electrons. The van der Waals surface area contributed by atoms with Gasteiger partial charge in [-0.1, -0.05) is 26.0 Å². The molecule has 1 aromatic carbocycles. The van der Waals surface area contributed by atoms with Crippen LogP contribution in [-0.4, -0.2) is 9.78 Å². The molecular weight excluding hydrogens is 192 g/mol. The number of nitrogens with one attached hydrogen (secondary N) is 1. The first-order valence-electron chi connectivity index (χ1n) is 4.88. The molecule has 0 fully saturated rings. The van der Waals surface area contributed by atoms with Crippen molar-refractivity contribution in [2.75, 3.05) is 0 Å². The Balaban J connectivity index is 0.000000531. The third-order valence-corrected chi connectivity index (χ3v) is 1.98. The van der Waals surface area contributed by atoms with Crippen LogP contribution in [0.4, 0.5) is 0 Å². The Morgan fingerprint density at radius 1 is 1.07 bits per heavy atom. The van der Waals surface area contributed by atoms with Gasteiger partial charge in [-0.3, -0.25) is 19.4 Å². The first kappa shape index (κ1) is 11.2. The van der Waals surface area contributed by atoms with Gasteiger partial charge in [-0.15, -0.1) is 0 Å². The molecule has 0 bridgehead atoms. The fraction of sp³-hybridized carbons (Fsp3) is 0.273. The van der Waals surface area contributed by atoms with Crippen LogP contribution in [0.1, 0.15) is 13.8 Å². The van der Waals surface area contributed by atoms with E-state index in [1.54, 1.807) is 24.3 Å². The van der Waals surface area contributed by atoms with E-state index in [0.29, 0.717) is 10.8 Å². The molecule has 0 spiro atoms. The molecular formula is C11H14N2O2. The van der Waals surface area contributed by atoms with Gasteiger partial charge in [-0.25, -0.2) is 0 Å². The summed E-state index contributed by atoms with van der Waals surface area (Å²) in [5.41, 5.74) is -0.423. The molecule has 0 saturated heterocycles. The molecule has 0 saturated carbocycles. The second-order valence-electron chi connectivity index (χ2n) is 2.85. The number of aromatic nitrogens is 2. The van der Waals surface area contributed by atoms with Crippen LogP contribution in [0.25, 0.3) is 10.8 Å². The van der Waals surface area contributed by atoms with Crippen LogP contribution < -0.4 is 11.1 Å². The van der Waals surface area contributed by atoms with Gasteiger partial charge in [0, 0.05) is 7.05 Å². The highest BCUT2D eigenvalue weighted by molar-refractivity contribution is 5.80. The highest BCUT2D eigenvalue weighted by atomic mass is 16.1. The minimum absolute atomic E-state index is 0.185. The van der Waals surface area contributed by atoms with Crippen molar-refractivity contribution in [3.63, 3.8) is 0 Å². The number of rotatable bonds is 0. The quantitative estimate of drug-likeness (QED) is 0.705. The molecule has 1 N–H and O–H groups in total. The van der Waals surface area contributed by atoms with Crippen LogP contribution in [-0.2, 0) is 7.05 Å². The Bertz CT molecular complexity index is 567. The van der Waals surface area contributed by atoms with Crippen molar-refractivity contribution in [2.45, 2.75) is 13.8 Å². The second kappa shape index (κ2) is 4.59. The molecule has 0 unspecified atom stereocenters. The maximum atomic E-state index is 11.5. The number of hydrogen-bond donors (Lipinski definition) is 1. The molecule has 0 atom stereocenters. The molecule has 15 heavy (non-hydrogen) atoms. The average Bonchev–Trinajstić information content (AvgIpc) is 2.29. The highest BCUT2D eigenvalue weighted by Crippen LogP contribution is 2.01. The molecule has 0 amide bonds. The monoisotopic (exact) mass is 206 g/mol.